The van der Waals surface area contributed by atoms with E-state index in [1.807, 2.05) is 0 Å². The SMILES string of the molecule is I[C@@H]1C2CC3C[C@@H]1C[C@H](C3)[C@@H]2I. The van der Waals surface area contributed by atoms with E-state index in [1.54, 1.807) is 25.7 Å². The molecule has 0 N–H and O–H groups in total. The molecule has 4 fully saturated rings. The van der Waals surface area contributed by atoms with Gasteiger partial charge in [0.15, 0.2) is 0 Å². The molecule has 0 radical (unpaired) electrons. The van der Waals surface area contributed by atoms with Crippen molar-refractivity contribution in [1.82, 2.24) is 0 Å². The molecule has 0 spiro atoms. The Hall–Kier alpha value is 1.46. The zero-order valence-corrected chi connectivity index (χ0v) is 11.4. The Bertz CT molecular complexity index is 186. The van der Waals surface area contributed by atoms with E-state index in [4.69, 9.17) is 0 Å². The third kappa shape index (κ3) is 1.12. The zero-order chi connectivity index (χ0) is 8.29. The van der Waals surface area contributed by atoms with Gasteiger partial charge in [-0.1, -0.05) is 45.2 Å². The molecule has 0 amide bonds. The Morgan fingerprint density at radius 2 is 1.33 bits per heavy atom. The Balaban J connectivity index is 1.93. The summed E-state index contributed by atoms with van der Waals surface area (Å²) in [6.07, 6.45) is 6.27. The smallest absolute Gasteiger partial charge is 0.0176 e. The molecule has 0 heterocycles. The first-order valence-corrected chi connectivity index (χ1v) is 7.53. The summed E-state index contributed by atoms with van der Waals surface area (Å²) in [7, 11) is 0. The van der Waals surface area contributed by atoms with Crippen LogP contribution in [0.2, 0.25) is 0 Å². The molecule has 0 aromatic carbocycles. The van der Waals surface area contributed by atoms with Crippen LogP contribution in [0.25, 0.3) is 0 Å². The molecule has 2 unspecified atom stereocenters. The van der Waals surface area contributed by atoms with Gasteiger partial charge >= 0.3 is 0 Å². The lowest BCUT2D eigenvalue weighted by Gasteiger charge is -2.55. The number of alkyl halides is 2. The van der Waals surface area contributed by atoms with Crippen molar-refractivity contribution < 1.29 is 0 Å². The predicted octanol–water partition coefficient (Wildman–Crippen LogP) is 3.66. The number of halogens is 2. The molecule has 68 valence electrons. The lowest BCUT2D eigenvalue weighted by Crippen LogP contribution is -2.51. The van der Waals surface area contributed by atoms with Crippen molar-refractivity contribution in [3.8, 4) is 0 Å². The van der Waals surface area contributed by atoms with Crippen LogP contribution in [0, 0.1) is 23.7 Å². The third-order valence-corrected chi connectivity index (χ3v) is 8.08. The zero-order valence-electron chi connectivity index (χ0n) is 7.05. The van der Waals surface area contributed by atoms with Crippen molar-refractivity contribution in [2.75, 3.05) is 0 Å². The van der Waals surface area contributed by atoms with Gasteiger partial charge in [-0.25, -0.2) is 0 Å². The van der Waals surface area contributed by atoms with E-state index >= 15 is 0 Å². The van der Waals surface area contributed by atoms with Gasteiger partial charge in [0.1, 0.15) is 0 Å². The highest BCUT2D eigenvalue weighted by atomic mass is 127. The Morgan fingerprint density at radius 3 is 1.92 bits per heavy atom. The molecule has 0 aromatic rings. The molecular formula is C10H14I2. The molecule has 4 saturated carbocycles. The first-order valence-electron chi connectivity index (χ1n) is 5.04. The van der Waals surface area contributed by atoms with Crippen molar-refractivity contribution in [3.05, 3.63) is 0 Å². The largest absolute Gasteiger partial charge is 0.0820 e. The van der Waals surface area contributed by atoms with E-state index in [0.29, 0.717) is 0 Å². The second-order valence-corrected chi connectivity index (χ2v) is 7.76. The van der Waals surface area contributed by atoms with Crippen LogP contribution >= 0.6 is 45.2 Å². The van der Waals surface area contributed by atoms with E-state index in [0.717, 1.165) is 31.5 Å². The molecule has 6 atom stereocenters. The normalized spacial score (nSPS) is 62.5. The second-order valence-electron chi connectivity index (χ2n) is 4.88. The van der Waals surface area contributed by atoms with Crippen molar-refractivity contribution in [1.29, 1.82) is 0 Å². The minimum absolute atomic E-state index is 1.03. The Kier molecular flexibility index (Phi) is 2.17. The molecule has 0 saturated heterocycles. The first kappa shape index (κ1) is 8.74. The van der Waals surface area contributed by atoms with E-state index in [2.05, 4.69) is 45.2 Å². The van der Waals surface area contributed by atoms with Crippen LogP contribution in [-0.2, 0) is 0 Å². The number of hydrogen-bond acceptors (Lipinski definition) is 0. The molecule has 4 aliphatic rings. The monoisotopic (exact) mass is 388 g/mol. The first-order chi connectivity index (χ1) is 5.75. The maximum absolute atomic E-state index is 2.74. The summed E-state index contributed by atoms with van der Waals surface area (Å²) in [6, 6.07) is 0. The number of hydrogen-bond donors (Lipinski definition) is 0. The van der Waals surface area contributed by atoms with Crippen LogP contribution < -0.4 is 0 Å². The topological polar surface area (TPSA) is 0 Å². The molecule has 2 heteroatoms. The van der Waals surface area contributed by atoms with Gasteiger partial charge in [-0.15, -0.1) is 0 Å². The summed E-state index contributed by atoms with van der Waals surface area (Å²) < 4.78 is 2.05. The minimum atomic E-state index is 1.03. The molecule has 4 aliphatic carbocycles. The highest BCUT2D eigenvalue weighted by molar-refractivity contribution is 14.1. The van der Waals surface area contributed by atoms with Crippen LogP contribution in [0.3, 0.4) is 0 Å². The van der Waals surface area contributed by atoms with Crippen LogP contribution in [0.4, 0.5) is 0 Å². The summed E-state index contributed by atoms with van der Waals surface area (Å²) in [5.41, 5.74) is 0. The van der Waals surface area contributed by atoms with Gasteiger partial charge in [-0.3, -0.25) is 0 Å². The van der Waals surface area contributed by atoms with E-state index in [-0.39, 0.29) is 0 Å². The standard InChI is InChI=1S/C10H14I2/c11-9-6-1-5-2-7(4-6)10(12)8(9)3-5/h5-10H,1-4H2/t5?,6-,7+,8?,9-,10-/m0/s1. The number of rotatable bonds is 0. The maximum Gasteiger partial charge on any atom is 0.0176 e. The van der Waals surface area contributed by atoms with Gasteiger partial charge < -0.3 is 0 Å². The quantitative estimate of drug-likeness (QED) is 0.439. The van der Waals surface area contributed by atoms with Gasteiger partial charge in [-0.2, -0.15) is 0 Å². The van der Waals surface area contributed by atoms with Crippen molar-refractivity contribution in [3.63, 3.8) is 0 Å². The molecule has 4 rings (SSSR count). The van der Waals surface area contributed by atoms with Crippen LogP contribution in [-0.4, -0.2) is 7.85 Å². The van der Waals surface area contributed by atoms with Crippen molar-refractivity contribution in [2.24, 2.45) is 23.7 Å². The Labute approximate surface area is 102 Å². The van der Waals surface area contributed by atoms with Crippen LogP contribution in [0.1, 0.15) is 25.7 Å². The lowest BCUT2D eigenvalue weighted by molar-refractivity contribution is 0.0439. The summed E-state index contributed by atoms with van der Waals surface area (Å²) in [5, 5.41) is 0. The van der Waals surface area contributed by atoms with E-state index in [9.17, 15) is 0 Å². The van der Waals surface area contributed by atoms with Gasteiger partial charge in [0.25, 0.3) is 0 Å². The molecule has 12 heavy (non-hydrogen) atoms. The molecule has 0 aliphatic heterocycles. The van der Waals surface area contributed by atoms with Gasteiger partial charge in [0, 0.05) is 7.85 Å². The molecule has 0 nitrogen and oxygen atoms in total. The van der Waals surface area contributed by atoms with Crippen LogP contribution in [0.15, 0.2) is 0 Å². The molecule has 0 aromatic heterocycles. The van der Waals surface area contributed by atoms with Crippen LogP contribution in [0.5, 0.6) is 0 Å². The van der Waals surface area contributed by atoms with E-state index < -0.39 is 0 Å². The van der Waals surface area contributed by atoms with Crippen molar-refractivity contribution >= 4 is 45.2 Å². The summed E-state index contributed by atoms with van der Waals surface area (Å²) in [4.78, 5) is 0. The predicted molar refractivity (Wildman–Crippen MR) is 68.0 cm³/mol. The maximum atomic E-state index is 2.74. The minimum Gasteiger partial charge on any atom is -0.0820 e. The molecule has 4 bridgehead atoms. The van der Waals surface area contributed by atoms with Gasteiger partial charge in [0.2, 0.25) is 0 Å². The summed E-state index contributed by atoms with van der Waals surface area (Å²) in [5.74, 6) is 4.44. The van der Waals surface area contributed by atoms with Crippen molar-refractivity contribution in [2.45, 2.75) is 33.5 Å². The van der Waals surface area contributed by atoms with Gasteiger partial charge in [0.05, 0.1) is 0 Å². The summed E-state index contributed by atoms with van der Waals surface area (Å²) in [6.45, 7) is 0. The fraction of sp³-hybridized carbons (Fsp3) is 1.00. The van der Waals surface area contributed by atoms with Gasteiger partial charge in [-0.05, 0) is 49.4 Å². The highest BCUT2D eigenvalue weighted by Gasteiger charge is 2.51. The average Bonchev–Trinajstić information content (AvgIpc) is 2.07. The molecular weight excluding hydrogens is 374 g/mol. The average molecular weight is 388 g/mol. The Morgan fingerprint density at radius 1 is 0.750 bits per heavy atom. The fourth-order valence-electron chi connectivity index (χ4n) is 3.77. The second kappa shape index (κ2) is 2.97. The highest BCUT2D eigenvalue weighted by Crippen LogP contribution is 2.58. The summed E-state index contributed by atoms with van der Waals surface area (Å²) >= 11 is 5.47. The fourth-order valence-corrected chi connectivity index (χ4v) is 7.22. The third-order valence-electron chi connectivity index (χ3n) is 4.20. The lowest BCUT2D eigenvalue weighted by atomic mass is 9.56. The van der Waals surface area contributed by atoms with E-state index in [1.165, 1.54) is 0 Å².